The Hall–Kier alpha value is -3.35. The lowest BCUT2D eigenvalue weighted by Crippen LogP contribution is -2.30. The zero-order chi connectivity index (χ0) is 23.0. The second-order valence-corrected chi connectivity index (χ2v) is 8.05. The van der Waals surface area contributed by atoms with E-state index in [1.807, 2.05) is 6.92 Å². The molecule has 8 heteroatoms. The number of amides is 1. The van der Waals surface area contributed by atoms with Crippen LogP contribution in [0, 0.1) is 6.92 Å². The zero-order valence-electron chi connectivity index (χ0n) is 17.2. The SMILES string of the molecule is COc1ccc(/C(O)=C2\C(=O)C(=O)N(c3cc(Cl)ccc3C)C2c2ccccn2)cc1Cl. The fourth-order valence-corrected chi connectivity index (χ4v) is 4.13. The summed E-state index contributed by atoms with van der Waals surface area (Å²) < 4.78 is 5.15. The largest absolute Gasteiger partial charge is 0.507 e. The highest BCUT2D eigenvalue weighted by Crippen LogP contribution is 2.43. The summed E-state index contributed by atoms with van der Waals surface area (Å²) in [6.07, 6.45) is 1.56. The summed E-state index contributed by atoms with van der Waals surface area (Å²) in [5.74, 6) is -1.55. The Balaban J connectivity index is 1.96. The third kappa shape index (κ3) is 3.72. The Labute approximate surface area is 194 Å². The van der Waals surface area contributed by atoms with Gasteiger partial charge in [-0.25, -0.2) is 0 Å². The van der Waals surface area contributed by atoms with Gasteiger partial charge in [-0.2, -0.15) is 0 Å². The molecular formula is C24H18Cl2N2O4. The van der Waals surface area contributed by atoms with Crippen LogP contribution in [0.25, 0.3) is 5.76 Å². The molecule has 2 heterocycles. The van der Waals surface area contributed by atoms with Gasteiger partial charge in [0.05, 0.1) is 23.4 Å². The minimum atomic E-state index is -0.950. The first-order chi connectivity index (χ1) is 15.3. The number of ether oxygens (including phenoxy) is 1. The van der Waals surface area contributed by atoms with Crippen LogP contribution in [-0.2, 0) is 9.59 Å². The second kappa shape index (κ2) is 8.65. The lowest BCUT2D eigenvalue weighted by molar-refractivity contribution is -0.132. The second-order valence-electron chi connectivity index (χ2n) is 7.20. The average Bonchev–Trinajstić information content (AvgIpc) is 3.06. The van der Waals surface area contributed by atoms with Crippen LogP contribution < -0.4 is 9.64 Å². The van der Waals surface area contributed by atoms with Crippen LogP contribution in [0.3, 0.4) is 0 Å². The molecule has 1 aromatic heterocycles. The van der Waals surface area contributed by atoms with Gasteiger partial charge in [-0.3, -0.25) is 19.5 Å². The molecule has 0 aliphatic carbocycles. The molecule has 2 aromatic carbocycles. The van der Waals surface area contributed by atoms with Crippen LogP contribution in [0.5, 0.6) is 5.75 Å². The predicted octanol–water partition coefficient (Wildman–Crippen LogP) is 5.33. The third-order valence-corrected chi connectivity index (χ3v) is 5.80. The van der Waals surface area contributed by atoms with E-state index in [1.165, 1.54) is 18.1 Å². The van der Waals surface area contributed by atoms with Crippen molar-refractivity contribution in [3.8, 4) is 5.75 Å². The number of aryl methyl sites for hydroxylation is 1. The number of benzene rings is 2. The number of methoxy groups -OCH3 is 1. The van der Waals surface area contributed by atoms with E-state index >= 15 is 0 Å². The van der Waals surface area contributed by atoms with Crippen molar-refractivity contribution in [1.82, 2.24) is 4.98 Å². The molecule has 1 aliphatic heterocycles. The first-order valence-corrected chi connectivity index (χ1v) is 10.4. The lowest BCUT2D eigenvalue weighted by Gasteiger charge is -2.26. The molecule has 4 rings (SSSR count). The minimum absolute atomic E-state index is 0.0886. The molecule has 0 spiro atoms. The maximum absolute atomic E-state index is 13.2. The molecule has 1 fully saturated rings. The molecule has 1 aliphatic rings. The van der Waals surface area contributed by atoms with Gasteiger partial charge in [0.2, 0.25) is 0 Å². The summed E-state index contributed by atoms with van der Waals surface area (Å²) in [4.78, 5) is 32.0. The van der Waals surface area contributed by atoms with Gasteiger partial charge in [-0.05, 0) is 55.0 Å². The van der Waals surface area contributed by atoms with Crippen LogP contribution in [-0.4, -0.2) is 28.9 Å². The first-order valence-electron chi connectivity index (χ1n) is 9.65. The zero-order valence-corrected chi connectivity index (χ0v) is 18.7. The number of aromatic nitrogens is 1. The number of rotatable bonds is 4. The van der Waals surface area contributed by atoms with Crippen molar-refractivity contribution in [2.75, 3.05) is 12.0 Å². The van der Waals surface area contributed by atoms with Crippen molar-refractivity contribution in [3.05, 3.63) is 93.2 Å². The van der Waals surface area contributed by atoms with E-state index in [4.69, 9.17) is 27.9 Å². The van der Waals surface area contributed by atoms with E-state index in [0.29, 0.717) is 22.2 Å². The number of hydrogen-bond donors (Lipinski definition) is 1. The molecule has 6 nitrogen and oxygen atoms in total. The standard InChI is InChI=1S/C24H18Cl2N2O4/c1-13-6-8-15(25)12-18(13)28-21(17-5-3-4-10-27-17)20(23(30)24(28)31)22(29)14-7-9-19(32-2)16(26)11-14/h3-12,21,29H,1-2H3/b22-20+. The molecule has 0 saturated carbocycles. The quantitative estimate of drug-likeness (QED) is 0.317. The van der Waals surface area contributed by atoms with Crippen molar-refractivity contribution < 1.29 is 19.4 Å². The van der Waals surface area contributed by atoms with E-state index in [1.54, 1.807) is 54.7 Å². The van der Waals surface area contributed by atoms with Crippen LogP contribution in [0.4, 0.5) is 5.69 Å². The topological polar surface area (TPSA) is 79.7 Å². The molecule has 1 amide bonds. The molecule has 1 unspecified atom stereocenters. The van der Waals surface area contributed by atoms with Gasteiger partial charge in [0, 0.05) is 22.5 Å². The molecule has 32 heavy (non-hydrogen) atoms. The molecule has 1 atom stereocenters. The Morgan fingerprint density at radius 1 is 1.09 bits per heavy atom. The summed E-state index contributed by atoms with van der Waals surface area (Å²) in [5, 5.41) is 11.8. The van der Waals surface area contributed by atoms with Crippen LogP contribution in [0.15, 0.2) is 66.4 Å². The highest BCUT2D eigenvalue weighted by atomic mass is 35.5. The van der Waals surface area contributed by atoms with Gasteiger partial charge in [0.15, 0.2) is 0 Å². The molecule has 1 N–H and O–H groups in total. The Morgan fingerprint density at radius 3 is 2.53 bits per heavy atom. The van der Waals surface area contributed by atoms with Gasteiger partial charge >= 0.3 is 0 Å². The van der Waals surface area contributed by atoms with Gasteiger partial charge in [-0.15, -0.1) is 0 Å². The van der Waals surface area contributed by atoms with Gasteiger partial charge in [0.1, 0.15) is 17.6 Å². The highest BCUT2D eigenvalue weighted by Gasteiger charge is 2.48. The van der Waals surface area contributed by atoms with Crippen molar-refractivity contribution in [1.29, 1.82) is 0 Å². The third-order valence-electron chi connectivity index (χ3n) is 5.27. The van der Waals surface area contributed by atoms with Crippen LogP contribution in [0.1, 0.15) is 22.9 Å². The van der Waals surface area contributed by atoms with Crippen molar-refractivity contribution in [3.63, 3.8) is 0 Å². The summed E-state index contributed by atoms with van der Waals surface area (Å²) in [6.45, 7) is 1.81. The first kappa shape index (κ1) is 21.9. The normalized spacial score (nSPS) is 17.6. The van der Waals surface area contributed by atoms with Gasteiger partial charge < -0.3 is 9.84 Å². The van der Waals surface area contributed by atoms with E-state index in [-0.39, 0.29) is 21.9 Å². The fourth-order valence-electron chi connectivity index (χ4n) is 3.71. The number of Topliss-reactive ketones (excluding diaryl/α,β-unsaturated/α-hetero) is 1. The maximum atomic E-state index is 13.2. The maximum Gasteiger partial charge on any atom is 0.300 e. The minimum Gasteiger partial charge on any atom is -0.507 e. The Kier molecular flexibility index (Phi) is 5.91. The lowest BCUT2D eigenvalue weighted by atomic mass is 9.98. The summed E-state index contributed by atoms with van der Waals surface area (Å²) in [7, 11) is 1.47. The number of carbonyl (C=O) groups is 2. The molecule has 1 saturated heterocycles. The van der Waals surface area contributed by atoms with Crippen molar-refractivity contribution >= 4 is 46.3 Å². The monoisotopic (exact) mass is 468 g/mol. The highest BCUT2D eigenvalue weighted by molar-refractivity contribution is 6.52. The number of halogens is 2. The van der Waals surface area contributed by atoms with E-state index in [2.05, 4.69) is 4.98 Å². The smallest absolute Gasteiger partial charge is 0.300 e. The molecule has 3 aromatic rings. The fraction of sp³-hybridized carbons (Fsp3) is 0.125. The molecule has 162 valence electrons. The Morgan fingerprint density at radius 2 is 1.88 bits per heavy atom. The van der Waals surface area contributed by atoms with E-state index < -0.39 is 17.7 Å². The number of hydrogen-bond acceptors (Lipinski definition) is 5. The van der Waals surface area contributed by atoms with E-state index in [0.717, 1.165) is 5.56 Å². The summed E-state index contributed by atoms with van der Waals surface area (Å²) >= 11 is 12.4. The summed E-state index contributed by atoms with van der Waals surface area (Å²) in [6, 6.07) is 13.9. The van der Waals surface area contributed by atoms with E-state index in [9.17, 15) is 14.7 Å². The molecule has 0 bridgehead atoms. The number of nitrogens with zero attached hydrogens (tertiary/aromatic N) is 2. The van der Waals surface area contributed by atoms with Crippen molar-refractivity contribution in [2.24, 2.45) is 0 Å². The number of carbonyl (C=O) groups excluding carboxylic acids is 2. The van der Waals surface area contributed by atoms with Crippen molar-refractivity contribution in [2.45, 2.75) is 13.0 Å². The number of anilines is 1. The average molecular weight is 469 g/mol. The van der Waals surface area contributed by atoms with Gasteiger partial charge in [0.25, 0.3) is 11.7 Å². The van der Waals surface area contributed by atoms with Gasteiger partial charge in [-0.1, -0.05) is 35.3 Å². The van der Waals surface area contributed by atoms with Crippen LogP contribution in [0.2, 0.25) is 10.0 Å². The predicted molar refractivity (Wildman–Crippen MR) is 123 cm³/mol. The van der Waals surface area contributed by atoms with Crippen LogP contribution >= 0.6 is 23.2 Å². The Bertz CT molecular complexity index is 1260. The number of pyridine rings is 1. The molecule has 0 radical (unpaired) electrons. The summed E-state index contributed by atoms with van der Waals surface area (Å²) in [5.41, 5.74) is 1.81. The number of aliphatic hydroxyl groups is 1. The number of ketones is 1. The molecular weight excluding hydrogens is 451 g/mol. The number of aliphatic hydroxyl groups excluding tert-OH is 1.